The number of carbonyl (C=O) groups excluding carboxylic acids is 1. The Morgan fingerprint density at radius 2 is 2.12 bits per heavy atom. The Bertz CT molecular complexity index is 404. The van der Waals surface area contributed by atoms with Crippen LogP contribution < -0.4 is 5.73 Å². The highest BCUT2D eigenvalue weighted by molar-refractivity contribution is 5.77. The number of ether oxygens (including phenoxy) is 1. The van der Waals surface area contributed by atoms with Crippen LogP contribution in [0, 0.1) is 0 Å². The SMILES string of the molecule is CCOC(=O)C(N)c1cccc(C(F)(F)F)c1. The summed E-state index contributed by atoms with van der Waals surface area (Å²) in [5.41, 5.74) is 4.74. The van der Waals surface area contributed by atoms with Gasteiger partial charge in [0.1, 0.15) is 6.04 Å². The zero-order valence-corrected chi connectivity index (χ0v) is 9.12. The predicted octanol–water partition coefficient (Wildman–Crippen LogP) is 2.27. The largest absolute Gasteiger partial charge is 0.465 e. The average molecular weight is 247 g/mol. The molecular formula is C11H12F3NO2. The highest BCUT2D eigenvalue weighted by Gasteiger charge is 2.31. The number of nitrogens with two attached hydrogens (primary N) is 1. The maximum Gasteiger partial charge on any atom is 0.416 e. The van der Waals surface area contributed by atoms with E-state index in [-0.39, 0.29) is 12.2 Å². The van der Waals surface area contributed by atoms with E-state index in [0.29, 0.717) is 0 Å². The number of carbonyl (C=O) groups is 1. The van der Waals surface area contributed by atoms with E-state index in [1.165, 1.54) is 12.1 Å². The van der Waals surface area contributed by atoms with Crippen molar-refractivity contribution in [1.82, 2.24) is 0 Å². The Labute approximate surface area is 96.4 Å². The molecule has 0 aliphatic rings. The van der Waals surface area contributed by atoms with Gasteiger partial charge in [0.25, 0.3) is 0 Å². The second-order valence-electron chi connectivity index (χ2n) is 3.35. The molecule has 0 saturated heterocycles. The molecule has 0 heterocycles. The predicted molar refractivity (Wildman–Crippen MR) is 55.0 cm³/mol. The zero-order chi connectivity index (χ0) is 13.1. The molecule has 0 amide bonds. The third-order valence-electron chi connectivity index (χ3n) is 2.11. The minimum Gasteiger partial charge on any atom is -0.465 e. The molecule has 0 bridgehead atoms. The first-order valence-electron chi connectivity index (χ1n) is 4.95. The van der Waals surface area contributed by atoms with Crippen molar-refractivity contribution in [2.75, 3.05) is 6.61 Å². The molecule has 1 atom stereocenters. The number of alkyl halides is 3. The molecule has 6 heteroatoms. The van der Waals surface area contributed by atoms with Gasteiger partial charge in [0, 0.05) is 0 Å². The van der Waals surface area contributed by atoms with Crippen molar-refractivity contribution >= 4 is 5.97 Å². The fourth-order valence-corrected chi connectivity index (χ4v) is 1.28. The summed E-state index contributed by atoms with van der Waals surface area (Å²) in [7, 11) is 0. The number of hydrogen-bond acceptors (Lipinski definition) is 3. The van der Waals surface area contributed by atoms with Crippen molar-refractivity contribution in [3.05, 3.63) is 35.4 Å². The minimum atomic E-state index is -4.45. The van der Waals surface area contributed by atoms with Crippen molar-refractivity contribution in [2.24, 2.45) is 5.73 Å². The van der Waals surface area contributed by atoms with E-state index >= 15 is 0 Å². The molecule has 0 saturated carbocycles. The molecule has 0 aliphatic carbocycles. The van der Waals surface area contributed by atoms with E-state index < -0.39 is 23.8 Å². The van der Waals surface area contributed by atoms with Crippen molar-refractivity contribution in [2.45, 2.75) is 19.1 Å². The Kier molecular flexibility index (Phi) is 4.11. The minimum absolute atomic E-state index is 0.0817. The van der Waals surface area contributed by atoms with E-state index in [4.69, 9.17) is 5.73 Å². The third kappa shape index (κ3) is 3.45. The van der Waals surface area contributed by atoms with Gasteiger partial charge in [-0.05, 0) is 24.6 Å². The summed E-state index contributed by atoms with van der Waals surface area (Å²) in [4.78, 5) is 11.3. The summed E-state index contributed by atoms with van der Waals surface area (Å²) < 4.78 is 41.9. The fourth-order valence-electron chi connectivity index (χ4n) is 1.28. The number of hydrogen-bond donors (Lipinski definition) is 1. The number of rotatable bonds is 3. The summed E-state index contributed by atoms with van der Waals surface area (Å²) in [6, 6.07) is 3.13. The van der Waals surface area contributed by atoms with Crippen LogP contribution in [0.5, 0.6) is 0 Å². The van der Waals surface area contributed by atoms with Gasteiger partial charge >= 0.3 is 12.1 Å². The molecule has 94 valence electrons. The van der Waals surface area contributed by atoms with Crippen molar-refractivity contribution in [3.63, 3.8) is 0 Å². The summed E-state index contributed by atoms with van der Waals surface area (Å²) in [6.45, 7) is 1.72. The van der Waals surface area contributed by atoms with Crippen LogP contribution in [-0.2, 0) is 15.7 Å². The molecule has 0 fully saturated rings. The van der Waals surface area contributed by atoms with Crippen LogP contribution in [0.15, 0.2) is 24.3 Å². The first kappa shape index (κ1) is 13.5. The maximum atomic E-state index is 12.4. The Hall–Kier alpha value is -1.56. The van der Waals surface area contributed by atoms with Gasteiger partial charge < -0.3 is 10.5 Å². The molecule has 1 aromatic rings. The van der Waals surface area contributed by atoms with Gasteiger partial charge in [-0.1, -0.05) is 12.1 Å². The van der Waals surface area contributed by atoms with E-state index in [9.17, 15) is 18.0 Å². The van der Waals surface area contributed by atoms with Crippen LogP contribution in [-0.4, -0.2) is 12.6 Å². The van der Waals surface area contributed by atoms with Crippen LogP contribution in [0.1, 0.15) is 24.1 Å². The summed E-state index contributed by atoms with van der Waals surface area (Å²) in [6.07, 6.45) is -4.45. The van der Waals surface area contributed by atoms with Crippen LogP contribution in [0.2, 0.25) is 0 Å². The lowest BCUT2D eigenvalue weighted by Crippen LogP contribution is -2.24. The first-order chi connectivity index (χ1) is 7.86. The van der Waals surface area contributed by atoms with Gasteiger partial charge in [-0.2, -0.15) is 13.2 Å². The Morgan fingerprint density at radius 3 is 2.65 bits per heavy atom. The van der Waals surface area contributed by atoms with E-state index in [1.807, 2.05) is 0 Å². The number of benzene rings is 1. The highest BCUT2D eigenvalue weighted by Crippen LogP contribution is 2.30. The molecule has 1 aromatic carbocycles. The van der Waals surface area contributed by atoms with E-state index in [2.05, 4.69) is 4.74 Å². The van der Waals surface area contributed by atoms with Crippen molar-refractivity contribution in [3.8, 4) is 0 Å². The van der Waals surface area contributed by atoms with Crippen LogP contribution in [0.4, 0.5) is 13.2 Å². The highest BCUT2D eigenvalue weighted by atomic mass is 19.4. The number of halogens is 3. The monoisotopic (exact) mass is 247 g/mol. The van der Waals surface area contributed by atoms with Gasteiger partial charge in [0.15, 0.2) is 0 Å². The van der Waals surface area contributed by atoms with Gasteiger partial charge in [0.2, 0.25) is 0 Å². The van der Waals surface area contributed by atoms with Gasteiger partial charge in [0.05, 0.1) is 12.2 Å². The molecular weight excluding hydrogens is 235 g/mol. The second kappa shape index (κ2) is 5.18. The van der Waals surface area contributed by atoms with Gasteiger partial charge in [-0.15, -0.1) is 0 Å². The summed E-state index contributed by atoms with van der Waals surface area (Å²) in [5, 5.41) is 0. The van der Waals surface area contributed by atoms with E-state index in [1.54, 1.807) is 6.92 Å². The lowest BCUT2D eigenvalue weighted by Gasteiger charge is -2.13. The average Bonchev–Trinajstić information content (AvgIpc) is 2.27. The molecule has 3 nitrogen and oxygen atoms in total. The molecule has 0 aromatic heterocycles. The molecule has 1 unspecified atom stereocenters. The summed E-state index contributed by atoms with van der Waals surface area (Å²) >= 11 is 0. The smallest absolute Gasteiger partial charge is 0.416 e. The molecule has 0 spiro atoms. The summed E-state index contributed by atoms with van der Waals surface area (Å²) in [5.74, 6) is -0.744. The standard InChI is InChI=1S/C11H12F3NO2/c1-2-17-10(16)9(15)7-4-3-5-8(6-7)11(12,13)14/h3-6,9H,2,15H2,1H3. The third-order valence-corrected chi connectivity index (χ3v) is 2.11. The van der Waals surface area contributed by atoms with Crippen LogP contribution in [0.25, 0.3) is 0 Å². The molecule has 0 aliphatic heterocycles. The Balaban J connectivity index is 2.96. The molecule has 17 heavy (non-hydrogen) atoms. The van der Waals surface area contributed by atoms with Crippen LogP contribution in [0.3, 0.4) is 0 Å². The van der Waals surface area contributed by atoms with Crippen LogP contribution >= 0.6 is 0 Å². The normalized spacial score (nSPS) is 13.2. The topological polar surface area (TPSA) is 52.3 Å². The Morgan fingerprint density at radius 1 is 1.47 bits per heavy atom. The second-order valence-corrected chi connectivity index (χ2v) is 3.35. The fraction of sp³-hybridized carbons (Fsp3) is 0.364. The zero-order valence-electron chi connectivity index (χ0n) is 9.12. The van der Waals surface area contributed by atoms with Gasteiger partial charge in [-0.3, -0.25) is 0 Å². The van der Waals surface area contributed by atoms with Gasteiger partial charge in [-0.25, -0.2) is 4.79 Å². The lowest BCUT2D eigenvalue weighted by molar-refractivity contribution is -0.145. The molecule has 2 N–H and O–H groups in total. The van der Waals surface area contributed by atoms with Crippen molar-refractivity contribution < 1.29 is 22.7 Å². The van der Waals surface area contributed by atoms with Crippen molar-refractivity contribution in [1.29, 1.82) is 0 Å². The quantitative estimate of drug-likeness (QED) is 0.833. The molecule has 1 rings (SSSR count). The first-order valence-corrected chi connectivity index (χ1v) is 4.95. The maximum absolute atomic E-state index is 12.4. The number of esters is 1. The molecule has 0 radical (unpaired) electrons. The lowest BCUT2D eigenvalue weighted by atomic mass is 10.0. The van der Waals surface area contributed by atoms with E-state index in [0.717, 1.165) is 12.1 Å².